The fourth-order valence-electron chi connectivity index (χ4n) is 3.10. The first-order valence-corrected chi connectivity index (χ1v) is 12.1. The fourth-order valence-corrected chi connectivity index (χ4v) is 4.51. The number of ether oxygens (including phenoxy) is 2. The Bertz CT molecular complexity index is 1250. The van der Waals surface area contributed by atoms with Crippen molar-refractivity contribution in [3.05, 3.63) is 72.6 Å². The monoisotopic (exact) mass is 497 g/mol. The summed E-state index contributed by atoms with van der Waals surface area (Å²) in [5.74, 6) is 0.134. The zero-order valence-corrected chi connectivity index (χ0v) is 19.4. The third kappa shape index (κ3) is 6.82. The van der Waals surface area contributed by atoms with E-state index in [9.17, 15) is 13.2 Å². The van der Waals surface area contributed by atoms with Crippen LogP contribution < -0.4 is 10.1 Å². The highest BCUT2D eigenvalue weighted by Crippen LogP contribution is 2.20. The lowest BCUT2D eigenvalue weighted by Gasteiger charge is -2.26. The zero-order chi connectivity index (χ0) is 24.5. The Morgan fingerprint density at radius 3 is 2.43 bits per heavy atom. The van der Waals surface area contributed by atoms with Gasteiger partial charge in [0, 0.05) is 31.2 Å². The molecule has 0 spiro atoms. The summed E-state index contributed by atoms with van der Waals surface area (Å²) in [7, 11) is -3.59. The Balaban J connectivity index is 1.22. The van der Waals surface area contributed by atoms with Crippen LogP contribution in [0.3, 0.4) is 0 Å². The minimum Gasteiger partial charge on any atom is -0.424 e. The summed E-state index contributed by atoms with van der Waals surface area (Å²) in [6.45, 7) is 1.08. The molecule has 182 valence electrons. The number of rotatable bonds is 9. The highest BCUT2D eigenvalue weighted by Gasteiger charge is 2.26. The van der Waals surface area contributed by atoms with Gasteiger partial charge in [0.05, 0.1) is 24.3 Å². The van der Waals surface area contributed by atoms with E-state index in [-0.39, 0.29) is 17.5 Å². The van der Waals surface area contributed by atoms with Gasteiger partial charge in [-0.05, 0) is 60.2 Å². The van der Waals surface area contributed by atoms with Crippen LogP contribution in [-0.4, -0.2) is 67.7 Å². The standard InChI is InChI=1S/C23H23N5O6S/c29-22(27-19-4-8-21(9-5-19)35(30,31)28-12-14-32-15-13-28)17-33-26-16-18-2-6-20(7-3-18)34-23-24-10-1-11-25-23/h1-11,16H,12-15,17H2,(H,27,29)/b26-16+. The summed E-state index contributed by atoms with van der Waals surface area (Å²) in [5, 5.41) is 6.42. The molecule has 0 unspecified atom stereocenters. The predicted octanol–water partition coefficient (Wildman–Crippen LogP) is 2.28. The number of aromatic nitrogens is 2. The van der Waals surface area contributed by atoms with E-state index in [2.05, 4.69) is 20.4 Å². The first kappa shape index (κ1) is 24.3. The van der Waals surface area contributed by atoms with Gasteiger partial charge in [-0.1, -0.05) is 5.16 Å². The number of sulfonamides is 1. The summed E-state index contributed by atoms with van der Waals surface area (Å²) < 4.78 is 37.4. The summed E-state index contributed by atoms with van der Waals surface area (Å²) in [6.07, 6.45) is 4.63. The summed E-state index contributed by atoms with van der Waals surface area (Å²) >= 11 is 0. The van der Waals surface area contributed by atoms with E-state index < -0.39 is 15.9 Å². The number of hydrogen-bond donors (Lipinski definition) is 1. The number of nitrogens with zero attached hydrogens (tertiary/aromatic N) is 4. The number of nitrogens with one attached hydrogen (secondary N) is 1. The van der Waals surface area contributed by atoms with Crippen molar-refractivity contribution in [3.8, 4) is 11.8 Å². The van der Waals surface area contributed by atoms with Crippen molar-refractivity contribution in [2.24, 2.45) is 5.16 Å². The number of carbonyl (C=O) groups is 1. The van der Waals surface area contributed by atoms with Crippen molar-refractivity contribution < 1.29 is 27.5 Å². The van der Waals surface area contributed by atoms with Gasteiger partial charge in [0.25, 0.3) is 5.91 Å². The Kier molecular flexibility index (Phi) is 7.98. The van der Waals surface area contributed by atoms with Crippen molar-refractivity contribution in [1.82, 2.24) is 14.3 Å². The molecule has 4 rings (SSSR count). The summed E-state index contributed by atoms with van der Waals surface area (Å²) in [6, 6.07) is 14.9. The lowest BCUT2D eigenvalue weighted by Crippen LogP contribution is -2.40. The Labute approximate surface area is 202 Å². The molecule has 11 nitrogen and oxygen atoms in total. The third-order valence-corrected chi connectivity index (χ3v) is 6.76. The van der Waals surface area contributed by atoms with E-state index in [1.54, 1.807) is 42.7 Å². The minimum atomic E-state index is -3.59. The molecule has 3 aromatic rings. The summed E-state index contributed by atoms with van der Waals surface area (Å²) in [4.78, 5) is 25.3. The highest BCUT2D eigenvalue weighted by molar-refractivity contribution is 7.89. The molecule has 1 fully saturated rings. The highest BCUT2D eigenvalue weighted by atomic mass is 32.2. The average Bonchev–Trinajstić information content (AvgIpc) is 2.89. The van der Waals surface area contributed by atoms with Crippen LogP contribution in [0.1, 0.15) is 5.56 Å². The molecule has 0 atom stereocenters. The molecule has 12 heteroatoms. The van der Waals surface area contributed by atoms with E-state index in [0.717, 1.165) is 5.56 Å². The Hall–Kier alpha value is -3.87. The second-order valence-corrected chi connectivity index (χ2v) is 9.24. The van der Waals surface area contributed by atoms with Crippen LogP contribution >= 0.6 is 0 Å². The molecule has 1 saturated heterocycles. The second kappa shape index (κ2) is 11.5. The molecule has 2 aromatic carbocycles. The maximum Gasteiger partial charge on any atom is 0.321 e. The van der Waals surface area contributed by atoms with Crippen LogP contribution in [0.15, 0.2) is 77.0 Å². The zero-order valence-electron chi connectivity index (χ0n) is 18.6. The Morgan fingerprint density at radius 2 is 1.74 bits per heavy atom. The number of anilines is 1. The summed E-state index contributed by atoms with van der Waals surface area (Å²) in [5.41, 5.74) is 1.19. The van der Waals surface area contributed by atoms with Crippen LogP contribution in [0, 0.1) is 0 Å². The van der Waals surface area contributed by atoms with Gasteiger partial charge in [0.2, 0.25) is 10.0 Å². The molecule has 0 saturated carbocycles. The molecule has 1 aromatic heterocycles. The van der Waals surface area contributed by atoms with Crippen molar-refractivity contribution in [2.75, 3.05) is 38.2 Å². The van der Waals surface area contributed by atoms with Gasteiger partial charge < -0.3 is 19.6 Å². The molecule has 2 heterocycles. The SMILES string of the molecule is O=C(CO/N=C/c1ccc(Oc2ncccn2)cc1)Nc1ccc(S(=O)(=O)N2CCOCC2)cc1. The van der Waals surface area contributed by atoms with Crippen LogP contribution in [0.25, 0.3) is 0 Å². The number of oxime groups is 1. The maximum absolute atomic E-state index is 12.6. The second-order valence-electron chi connectivity index (χ2n) is 7.30. The molecule has 1 aliphatic heterocycles. The van der Waals surface area contributed by atoms with Crippen molar-refractivity contribution in [1.29, 1.82) is 0 Å². The smallest absolute Gasteiger partial charge is 0.321 e. The molecule has 0 bridgehead atoms. The van der Waals surface area contributed by atoms with Crippen LogP contribution in [0.5, 0.6) is 11.8 Å². The van der Waals surface area contributed by atoms with Crippen molar-refractivity contribution in [3.63, 3.8) is 0 Å². The lowest BCUT2D eigenvalue weighted by molar-refractivity contribution is -0.120. The maximum atomic E-state index is 12.6. The molecule has 35 heavy (non-hydrogen) atoms. The van der Waals surface area contributed by atoms with E-state index >= 15 is 0 Å². The molecule has 1 amide bonds. The first-order valence-electron chi connectivity index (χ1n) is 10.7. The number of amides is 1. The lowest BCUT2D eigenvalue weighted by atomic mass is 10.2. The van der Waals surface area contributed by atoms with Crippen LogP contribution in [0.2, 0.25) is 0 Å². The topological polar surface area (TPSA) is 132 Å². The van der Waals surface area contributed by atoms with E-state index in [1.165, 1.54) is 34.8 Å². The van der Waals surface area contributed by atoms with E-state index in [1.807, 2.05) is 0 Å². The normalized spacial score (nSPS) is 14.5. The van der Waals surface area contributed by atoms with Crippen molar-refractivity contribution >= 4 is 27.8 Å². The fraction of sp³-hybridized carbons (Fsp3) is 0.217. The van der Waals surface area contributed by atoms with Gasteiger partial charge in [-0.2, -0.15) is 4.31 Å². The quantitative estimate of drug-likeness (QED) is 0.352. The van der Waals surface area contributed by atoms with Crippen LogP contribution in [0.4, 0.5) is 5.69 Å². The largest absolute Gasteiger partial charge is 0.424 e. The number of carbonyl (C=O) groups excluding carboxylic acids is 1. The predicted molar refractivity (Wildman–Crippen MR) is 127 cm³/mol. The minimum absolute atomic E-state index is 0.158. The van der Waals surface area contributed by atoms with E-state index in [4.69, 9.17) is 14.3 Å². The molecule has 0 aliphatic carbocycles. The van der Waals surface area contributed by atoms with Gasteiger partial charge in [-0.3, -0.25) is 4.79 Å². The molecule has 0 radical (unpaired) electrons. The third-order valence-electron chi connectivity index (χ3n) is 4.85. The van der Waals surface area contributed by atoms with E-state index in [0.29, 0.717) is 37.7 Å². The molecular formula is C23H23N5O6S. The molecule has 1 N–H and O–H groups in total. The van der Waals surface area contributed by atoms with Gasteiger partial charge >= 0.3 is 6.01 Å². The molecule has 1 aliphatic rings. The molecular weight excluding hydrogens is 474 g/mol. The van der Waals surface area contributed by atoms with Crippen molar-refractivity contribution in [2.45, 2.75) is 4.90 Å². The Morgan fingerprint density at radius 1 is 1.06 bits per heavy atom. The average molecular weight is 498 g/mol. The van der Waals surface area contributed by atoms with Crippen LogP contribution in [-0.2, 0) is 24.4 Å². The number of morpholine rings is 1. The van der Waals surface area contributed by atoms with Gasteiger partial charge in [-0.25, -0.2) is 18.4 Å². The number of benzene rings is 2. The van der Waals surface area contributed by atoms with Gasteiger partial charge in [-0.15, -0.1) is 0 Å². The number of hydrogen-bond acceptors (Lipinski definition) is 9. The first-order chi connectivity index (χ1) is 17.0. The van der Waals surface area contributed by atoms with Gasteiger partial charge in [0.15, 0.2) is 6.61 Å². The van der Waals surface area contributed by atoms with Gasteiger partial charge in [0.1, 0.15) is 5.75 Å².